The van der Waals surface area contributed by atoms with Crippen LogP contribution in [0.15, 0.2) is 18.2 Å². The molecule has 0 fully saturated rings. The van der Waals surface area contributed by atoms with Crippen LogP contribution in [0.3, 0.4) is 0 Å². The van der Waals surface area contributed by atoms with Crippen molar-refractivity contribution in [1.82, 2.24) is 9.47 Å². The molecule has 0 aliphatic carbocycles. The predicted octanol–water partition coefficient (Wildman–Crippen LogP) is 2.92. The second kappa shape index (κ2) is 6.67. The first-order chi connectivity index (χ1) is 11.6. The van der Waals surface area contributed by atoms with Crippen LogP contribution in [0, 0.1) is 6.92 Å². The van der Waals surface area contributed by atoms with Crippen molar-refractivity contribution in [3.05, 3.63) is 35.0 Å². The van der Waals surface area contributed by atoms with Crippen molar-refractivity contribution in [2.45, 2.75) is 39.7 Å². The van der Waals surface area contributed by atoms with Gasteiger partial charge in [0.1, 0.15) is 12.2 Å². The molecule has 0 saturated carbocycles. The second-order valence-corrected chi connectivity index (χ2v) is 6.41. The summed E-state index contributed by atoms with van der Waals surface area (Å²) in [6.07, 6.45) is 2.89. The van der Waals surface area contributed by atoms with Gasteiger partial charge in [-0.15, -0.1) is 0 Å². The maximum absolute atomic E-state index is 13.0. The molecule has 1 aliphatic rings. The van der Waals surface area contributed by atoms with Gasteiger partial charge in [0.15, 0.2) is 0 Å². The van der Waals surface area contributed by atoms with Gasteiger partial charge in [0, 0.05) is 24.0 Å². The highest BCUT2D eigenvalue weighted by Gasteiger charge is 2.31. The van der Waals surface area contributed by atoms with Gasteiger partial charge in [-0.25, -0.2) is 0 Å². The Bertz CT molecular complexity index is 791. The zero-order valence-electron chi connectivity index (χ0n) is 14.6. The van der Waals surface area contributed by atoms with E-state index in [1.807, 2.05) is 28.5 Å². The molecular weight excluding hydrogens is 304 g/mol. The molecule has 24 heavy (non-hydrogen) atoms. The Hall–Kier alpha value is -2.30. The number of hydrogen-bond acceptors (Lipinski definition) is 3. The quantitative estimate of drug-likeness (QED) is 0.793. The summed E-state index contributed by atoms with van der Waals surface area (Å²) >= 11 is 0. The molecule has 0 spiro atoms. The lowest BCUT2D eigenvalue weighted by molar-refractivity contribution is -0.141. The van der Waals surface area contributed by atoms with Crippen molar-refractivity contribution in [2.24, 2.45) is 0 Å². The van der Waals surface area contributed by atoms with Gasteiger partial charge in [0.05, 0.1) is 7.11 Å². The van der Waals surface area contributed by atoms with Crippen molar-refractivity contribution < 1.29 is 14.3 Å². The number of rotatable bonds is 5. The van der Waals surface area contributed by atoms with Crippen LogP contribution in [0.2, 0.25) is 0 Å². The second-order valence-electron chi connectivity index (χ2n) is 6.41. The SMILES string of the molecule is CCCCN1CCc2c(n(CC(=O)OC)c3ccc(C)cc23)C1=O. The fourth-order valence-corrected chi connectivity index (χ4v) is 3.45. The number of unbranched alkanes of at least 4 members (excludes halogenated alkanes) is 1. The molecule has 0 unspecified atom stereocenters. The van der Waals surface area contributed by atoms with Crippen LogP contribution in [0.25, 0.3) is 10.9 Å². The fourth-order valence-electron chi connectivity index (χ4n) is 3.45. The van der Waals surface area contributed by atoms with Crippen molar-refractivity contribution in [1.29, 1.82) is 0 Å². The molecule has 1 aliphatic heterocycles. The molecular formula is C19H24N2O3. The van der Waals surface area contributed by atoms with Gasteiger partial charge in [0.2, 0.25) is 0 Å². The first-order valence-corrected chi connectivity index (χ1v) is 8.54. The van der Waals surface area contributed by atoms with Crippen LogP contribution < -0.4 is 0 Å². The summed E-state index contributed by atoms with van der Waals surface area (Å²) in [5.41, 5.74) is 3.81. The number of methoxy groups -OCH3 is 1. The molecule has 5 nitrogen and oxygen atoms in total. The Morgan fingerprint density at radius 2 is 2.12 bits per heavy atom. The van der Waals surface area contributed by atoms with Crippen LogP contribution in [0.5, 0.6) is 0 Å². The van der Waals surface area contributed by atoms with E-state index in [0.717, 1.165) is 54.4 Å². The third-order valence-electron chi connectivity index (χ3n) is 4.74. The number of ether oxygens (including phenoxy) is 1. The Labute approximate surface area is 142 Å². The molecule has 0 N–H and O–H groups in total. The van der Waals surface area contributed by atoms with Crippen LogP contribution in [-0.4, -0.2) is 41.5 Å². The van der Waals surface area contributed by atoms with Gasteiger partial charge >= 0.3 is 5.97 Å². The van der Waals surface area contributed by atoms with Crippen LogP contribution in [0.4, 0.5) is 0 Å². The van der Waals surface area contributed by atoms with Crippen molar-refractivity contribution in [3.8, 4) is 0 Å². The first-order valence-electron chi connectivity index (χ1n) is 8.54. The fraction of sp³-hybridized carbons (Fsp3) is 0.474. The first kappa shape index (κ1) is 16.6. The Morgan fingerprint density at radius 3 is 2.83 bits per heavy atom. The molecule has 128 valence electrons. The molecule has 0 bridgehead atoms. The largest absolute Gasteiger partial charge is 0.468 e. The lowest BCUT2D eigenvalue weighted by Crippen LogP contribution is -2.39. The molecule has 2 aromatic rings. The molecule has 1 amide bonds. The molecule has 0 saturated heterocycles. The Balaban J connectivity index is 2.12. The molecule has 1 aromatic carbocycles. The molecule has 2 heterocycles. The summed E-state index contributed by atoms with van der Waals surface area (Å²) < 4.78 is 6.66. The summed E-state index contributed by atoms with van der Waals surface area (Å²) in [7, 11) is 1.37. The molecule has 5 heteroatoms. The highest BCUT2D eigenvalue weighted by molar-refractivity contribution is 6.03. The zero-order valence-corrected chi connectivity index (χ0v) is 14.6. The van der Waals surface area contributed by atoms with E-state index in [2.05, 4.69) is 13.0 Å². The standard InChI is InChI=1S/C19H24N2O3/c1-4-5-9-20-10-8-14-15-11-13(2)6-7-16(15)21(12-17(22)24-3)18(14)19(20)23/h6-7,11H,4-5,8-10,12H2,1-3H3. The van der Waals surface area contributed by atoms with E-state index in [1.165, 1.54) is 7.11 Å². The average molecular weight is 328 g/mol. The van der Waals surface area contributed by atoms with Crippen molar-refractivity contribution in [3.63, 3.8) is 0 Å². The zero-order chi connectivity index (χ0) is 17.3. The highest BCUT2D eigenvalue weighted by atomic mass is 16.5. The van der Waals surface area contributed by atoms with Crippen LogP contribution in [0.1, 0.15) is 41.4 Å². The summed E-state index contributed by atoms with van der Waals surface area (Å²) in [6, 6.07) is 6.12. The van der Waals surface area contributed by atoms with E-state index < -0.39 is 0 Å². The van der Waals surface area contributed by atoms with E-state index in [-0.39, 0.29) is 18.4 Å². The smallest absolute Gasteiger partial charge is 0.325 e. The molecule has 3 rings (SSSR count). The number of benzene rings is 1. The number of esters is 1. The maximum atomic E-state index is 13.0. The topological polar surface area (TPSA) is 51.5 Å². The third kappa shape index (κ3) is 2.79. The summed E-state index contributed by atoms with van der Waals surface area (Å²) in [5, 5.41) is 1.08. The highest BCUT2D eigenvalue weighted by Crippen LogP contribution is 2.31. The molecule has 0 atom stereocenters. The number of nitrogens with zero attached hydrogens (tertiary/aromatic N) is 2. The van der Waals surface area contributed by atoms with E-state index in [0.29, 0.717) is 5.69 Å². The minimum absolute atomic E-state index is 0.0301. The third-order valence-corrected chi connectivity index (χ3v) is 4.74. The number of carbonyl (C=O) groups excluding carboxylic acids is 2. The number of aromatic nitrogens is 1. The predicted molar refractivity (Wildman–Crippen MR) is 93.2 cm³/mol. The number of amides is 1. The Morgan fingerprint density at radius 1 is 1.33 bits per heavy atom. The maximum Gasteiger partial charge on any atom is 0.325 e. The van der Waals surface area contributed by atoms with E-state index in [1.54, 1.807) is 0 Å². The lowest BCUT2D eigenvalue weighted by atomic mass is 10.0. The van der Waals surface area contributed by atoms with E-state index in [9.17, 15) is 9.59 Å². The van der Waals surface area contributed by atoms with Gasteiger partial charge in [-0.3, -0.25) is 9.59 Å². The number of hydrogen-bond donors (Lipinski definition) is 0. The van der Waals surface area contributed by atoms with Gasteiger partial charge < -0.3 is 14.2 Å². The number of aryl methyl sites for hydroxylation is 1. The van der Waals surface area contributed by atoms with Crippen LogP contribution >= 0.6 is 0 Å². The van der Waals surface area contributed by atoms with E-state index in [4.69, 9.17) is 4.74 Å². The lowest BCUT2D eigenvalue weighted by Gasteiger charge is -2.28. The minimum Gasteiger partial charge on any atom is -0.468 e. The number of carbonyl (C=O) groups is 2. The summed E-state index contributed by atoms with van der Waals surface area (Å²) in [4.78, 5) is 26.8. The van der Waals surface area contributed by atoms with Gasteiger partial charge in [-0.2, -0.15) is 0 Å². The summed E-state index contributed by atoms with van der Waals surface area (Å²) in [6.45, 7) is 5.75. The Kier molecular flexibility index (Phi) is 4.60. The minimum atomic E-state index is -0.339. The normalized spacial score (nSPS) is 14.1. The van der Waals surface area contributed by atoms with Gasteiger partial charge in [-0.05, 0) is 37.5 Å². The van der Waals surface area contributed by atoms with Crippen LogP contribution in [-0.2, 0) is 22.5 Å². The van der Waals surface area contributed by atoms with Crippen molar-refractivity contribution in [2.75, 3.05) is 20.2 Å². The molecule has 1 aromatic heterocycles. The monoisotopic (exact) mass is 328 g/mol. The van der Waals surface area contributed by atoms with Crippen molar-refractivity contribution >= 4 is 22.8 Å². The van der Waals surface area contributed by atoms with Gasteiger partial charge in [0.25, 0.3) is 5.91 Å². The number of fused-ring (bicyclic) bond motifs is 3. The summed E-state index contributed by atoms with van der Waals surface area (Å²) in [5.74, 6) is -0.309. The van der Waals surface area contributed by atoms with Gasteiger partial charge in [-0.1, -0.05) is 25.0 Å². The average Bonchev–Trinajstić information content (AvgIpc) is 2.88. The van der Waals surface area contributed by atoms with E-state index >= 15 is 0 Å². The molecule has 0 radical (unpaired) electrons.